The smallest absolute Gasteiger partial charge is 0.407 e. The first-order valence-electron chi connectivity index (χ1n) is 8.22. The minimum atomic E-state index is -1.07. The number of carbonyl (C=O) groups excluding carboxylic acids is 2. The van der Waals surface area contributed by atoms with E-state index in [9.17, 15) is 19.5 Å². The topological polar surface area (TPSA) is 105 Å². The maximum Gasteiger partial charge on any atom is 0.407 e. The lowest BCUT2D eigenvalue weighted by molar-refractivity contribution is -0.146. The summed E-state index contributed by atoms with van der Waals surface area (Å²) in [4.78, 5) is 35.3. The highest BCUT2D eigenvalue weighted by atomic mass is 35.5. The molecule has 1 aromatic rings. The molecule has 1 aliphatic heterocycles. The number of ether oxygens (including phenoxy) is 2. The van der Waals surface area contributed by atoms with Gasteiger partial charge in [0.15, 0.2) is 6.61 Å². The van der Waals surface area contributed by atoms with E-state index in [4.69, 9.17) is 27.9 Å². The normalized spacial score (nSPS) is 19.9. The lowest BCUT2D eigenvalue weighted by Gasteiger charge is -2.27. The van der Waals surface area contributed by atoms with E-state index >= 15 is 0 Å². The molecule has 10 heteroatoms. The number of carboxylic acid groups (broad SMARTS) is 1. The van der Waals surface area contributed by atoms with Gasteiger partial charge in [-0.1, -0.05) is 29.3 Å². The van der Waals surface area contributed by atoms with Crippen LogP contribution in [-0.4, -0.2) is 60.8 Å². The van der Waals surface area contributed by atoms with Gasteiger partial charge < -0.3 is 24.8 Å². The van der Waals surface area contributed by atoms with Gasteiger partial charge in [0.05, 0.1) is 22.8 Å². The second kappa shape index (κ2) is 9.77. The zero-order valence-corrected chi connectivity index (χ0v) is 16.1. The summed E-state index contributed by atoms with van der Waals surface area (Å²) in [6, 6.07) is 5.06. The molecule has 1 aromatic carbocycles. The fraction of sp³-hybridized carbons (Fsp3) is 0.471. The van der Waals surface area contributed by atoms with Crippen LogP contribution in [0.25, 0.3) is 0 Å². The first-order valence-corrected chi connectivity index (χ1v) is 8.98. The van der Waals surface area contributed by atoms with Crippen molar-refractivity contribution in [1.29, 1.82) is 0 Å². The van der Waals surface area contributed by atoms with Crippen LogP contribution in [0.2, 0.25) is 10.0 Å². The monoisotopic (exact) mass is 418 g/mol. The minimum absolute atomic E-state index is 0.134. The SMILES string of the molecule is CC(=O)OCC(=O)NC[C@@H]1CN(C(=O)O)CCO[C@H]1c1ccc(Cl)c(Cl)c1. The van der Waals surface area contributed by atoms with E-state index in [0.717, 1.165) is 5.56 Å². The second-order valence-electron chi connectivity index (χ2n) is 6.04. The molecule has 0 radical (unpaired) electrons. The fourth-order valence-electron chi connectivity index (χ4n) is 2.76. The van der Waals surface area contributed by atoms with Crippen LogP contribution in [0.3, 0.4) is 0 Å². The Morgan fingerprint density at radius 1 is 1.33 bits per heavy atom. The van der Waals surface area contributed by atoms with Crippen LogP contribution in [0.4, 0.5) is 4.79 Å². The van der Waals surface area contributed by atoms with Crippen molar-refractivity contribution in [2.75, 3.05) is 32.8 Å². The van der Waals surface area contributed by atoms with Gasteiger partial charge in [0.2, 0.25) is 0 Å². The van der Waals surface area contributed by atoms with Gasteiger partial charge in [-0.05, 0) is 17.7 Å². The van der Waals surface area contributed by atoms with Crippen LogP contribution in [-0.2, 0) is 19.1 Å². The molecular formula is C17H20Cl2N2O6. The Labute approximate surface area is 166 Å². The maximum atomic E-state index is 11.8. The highest BCUT2D eigenvalue weighted by Gasteiger charge is 2.31. The molecule has 2 rings (SSSR count). The molecule has 1 fully saturated rings. The zero-order chi connectivity index (χ0) is 20.0. The molecule has 2 amide bonds. The number of nitrogens with zero attached hydrogens (tertiary/aromatic N) is 1. The third-order valence-corrected chi connectivity index (χ3v) is 4.79. The molecule has 0 aliphatic carbocycles. The number of amides is 2. The first kappa shape index (κ1) is 21.3. The second-order valence-corrected chi connectivity index (χ2v) is 6.85. The molecule has 0 spiro atoms. The summed E-state index contributed by atoms with van der Waals surface area (Å²) in [5.41, 5.74) is 0.732. The van der Waals surface area contributed by atoms with E-state index < -0.39 is 30.7 Å². The van der Waals surface area contributed by atoms with Crippen LogP contribution in [0.1, 0.15) is 18.6 Å². The van der Waals surface area contributed by atoms with Gasteiger partial charge in [-0.3, -0.25) is 9.59 Å². The highest BCUT2D eigenvalue weighted by Crippen LogP contribution is 2.33. The Bertz CT molecular complexity index is 715. The molecule has 1 heterocycles. The van der Waals surface area contributed by atoms with Crippen molar-refractivity contribution in [3.05, 3.63) is 33.8 Å². The van der Waals surface area contributed by atoms with Crippen molar-refractivity contribution in [3.8, 4) is 0 Å². The Balaban J connectivity index is 2.15. The van der Waals surface area contributed by atoms with Crippen molar-refractivity contribution in [1.82, 2.24) is 10.2 Å². The number of carbonyl (C=O) groups is 3. The van der Waals surface area contributed by atoms with E-state index in [1.54, 1.807) is 18.2 Å². The van der Waals surface area contributed by atoms with E-state index in [1.165, 1.54) is 11.8 Å². The average molecular weight is 419 g/mol. The number of benzene rings is 1. The highest BCUT2D eigenvalue weighted by molar-refractivity contribution is 6.42. The molecule has 148 valence electrons. The van der Waals surface area contributed by atoms with Gasteiger partial charge in [-0.2, -0.15) is 0 Å². The Morgan fingerprint density at radius 2 is 2.07 bits per heavy atom. The zero-order valence-electron chi connectivity index (χ0n) is 14.6. The summed E-state index contributed by atoms with van der Waals surface area (Å²) >= 11 is 12.0. The van der Waals surface area contributed by atoms with Gasteiger partial charge in [0, 0.05) is 32.5 Å². The number of hydrogen-bond donors (Lipinski definition) is 2. The van der Waals surface area contributed by atoms with E-state index in [2.05, 4.69) is 10.1 Å². The van der Waals surface area contributed by atoms with Crippen molar-refractivity contribution in [2.24, 2.45) is 5.92 Å². The van der Waals surface area contributed by atoms with Crippen molar-refractivity contribution < 1.29 is 29.0 Å². The number of halogens is 2. The molecule has 1 saturated heterocycles. The van der Waals surface area contributed by atoms with E-state index in [0.29, 0.717) is 10.0 Å². The molecule has 1 aliphatic rings. The summed E-state index contributed by atoms with van der Waals surface area (Å²) in [6.07, 6.45) is -1.55. The Hall–Kier alpha value is -2.03. The molecule has 0 unspecified atom stereocenters. The predicted octanol–water partition coefficient (Wildman–Crippen LogP) is 2.34. The number of rotatable bonds is 5. The summed E-state index contributed by atoms with van der Waals surface area (Å²) in [5, 5.41) is 12.7. The van der Waals surface area contributed by atoms with Crippen LogP contribution in [0.5, 0.6) is 0 Å². The minimum Gasteiger partial charge on any atom is -0.465 e. The van der Waals surface area contributed by atoms with Gasteiger partial charge in [0.1, 0.15) is 0 Å². The molecule has 27 heavy (non-hydrogen) atoms. The third kappa shape index (κ3) is 6.27. The summed E-state index contributed by atoms with van der Waals surface area (Å²) in [7, 11) is 0. The Morgan fingerprint density at radius 3 is 2.70 bits per heavy atom. The maximum absolute atomic E-state index is 11.8. The van der Waals surface area contributed by atoms with Crippen molar-refractivity contribution in [3.63, 3.8) is 0 Å². The van der Waals surface area contributed by atoms with Gasteiger partial charge in [0.25, 0.3) is 5.91 Å². The van der Waals surface area contributed by atoms with Gasteiger partial charge in [-0.15, -0.1) is 0 Å². The van der Waals surface area contributed by atoms with Gasteiger partial charge in [-0.25, -0.2) is 4.79 Å². The molecular weight excluding hydrogens is 399 g/mol. The quantitative estimate of drug-likeness (QED) is 0.710. The lowest BCUT2D eigenvalue weighted by Crippen LogP contribution is -2.41. The number of nitrogens with one attached hydrogen (secondary N) is 1. The molecule has 2 atom stereocenters. The number of esters is 1. The lowest BCUT2D eigenvalue weighted by atomic mass is 9.95. The number of hydrogen-bond acceptors (Lipinski definition) is 5. The first-order chi connectivity index (χ1) is 12.8. The predicted molar refractivity (Wildman–Crippen MR) is 97.9 cm³/mol. The molecule has 0 aromatic heterocycles. The third-order valence-electron chi connectivity index (χ3n) is 4.05. The molecule has 0 bridgehead atoms. The van der Waals surface area contributed by atoms with E-state index in [1.807, 2.05) is 0 Å². The van der Waals surface area contributed by atoms with Crippen LogP contribution in [0, 0.1) is 5.92 Å². The summed E-state index contributed by atoms with van der Waals surface area (Å²) < 4.78 is 10.5. The standard InChI is InChI=1S/C17H20Cl2N2O6/c1-10(22)27-9-15(23)20-7-12-8-21(17(24)25)4-5-26-16(12)11-2-3-13(18)14(19)6-11/h2-3,6,12,16H,4-5,7-9H2,1H3,(H,20,23)(H,24,25)/t12-,16+/m1/s1. The molecule has 2 N–H and O–H groups in total. The van der Waals surface area contributed by atoms with Gasteiger partial charge >= 0.3 is 12.1 Å². The fourth-order valence-corrected chi connectivity index (χ4v) is 3.07. The summed E-state index contributed by atoms with van der Waals surface area (Å²) in [6.45, 7) is 1.52. The van der Waals surface area contributed by atoms with Crippen LogP contribution >= 0.6 is 23.2 Å². The van der Waals surface area contributed by atoms with E-state index in [-0.39, 0.29) is 32.2 Å². The largest absolute Gasteiger partial charge is 0.465 e. The van der Waals surface area contributed by atoms with Crippen molar-refractivity contribution >= 4 is 41.2 Å². The molecule has 8 nitrogen and oxygen atoms in total. The van der Waals surface area contributed by atoms with Crippen molar-refractivity contribution in [2.45, 2.75) is 13.0 Å². The van der Waals surface area contributed by atoms with Crippen LogP contribution < -0.4 is 5.32 Å². The Kier molecular flexibility index (Phi) is 7.70. The van der Waals surface area contributed by atoms with Crippen LogP contribution in [0.15, 0.2) is 18.2 Å². The summed E-state index contributed by atoms with van der Waals surface area (Å²) in [5.74, 6) is -1.42. The molecule has 0 saturated carbocycles. The average Bonchev–Trinajstić information content (AvgIpc) is 2.83.